The van der Waals surface area contributed by atoms with E-state index in [9.17, 15) is 9.59 Å². The van der Waals surface area contributed by atoms with Crippen LogP contribution in [0, 0.1) is 25.2 Å². The normalized spacial score (nSPS) is 10.4. The van der Waals surface area contributed by atoms with E-state index in [-0.39, 0.29) is 5.75 Å². The molecule has 7 nitrogen and oxygen atoms in total. The molecule has 0 aliphatic carbocycles. The number of carbonyl (C=O) groups excluding carboxylic acids is 2. The molecule has 1 heterocycles. The SMILES string of the molecule is Cc1nc2ccc(C(=O)OCC(=O)Nc3ccccc3SCC#N)cc2nc1C. The summed E-state index contributed by atoms with van der Waals surface area (Å²) >= 11 is 1.32. The topological polar surface area (TPSA) is 105 Å². The van der Waals surface area contributed by atoms with Crippen LogP contribution in [-0.4, -0.2) is 34.2 Å². The molecule has 0 unspecified atom stereocenters. The van der Waals surface area contributed by atoms with Crippen molar-refractivity contribution in [2.75, 3.05) is 17.7 Å². The maximum atomic E-state index is 12.3. The largest absolute Gasteiger partial charge is 0.452 e. The van der Waals surface area contributed by atoms with Crippen LogP contribution in [0.2, 0.25) is 0 Å². The molecule has 0 atom stereocenters. The zero-order valence-electron chi connectivity index (χ0n) is 15.9. The van der Waals surface area contributed by atoms with Crippen LogP contribution in [0.25, 0.3) is 11.0 Å². The van der Waals surface area contributed by atoms with E-state index in [2.05, 4.69) is 15.3 Å². The average molecular weight is 406 g/mol. The Morgan fingerprint density at radius 1 is 1.10 bits per heavy atom. The Morgan fingerprint density at radius 3 is 2.59 bits per heavy atom. The Bertz CT molecular complexity index is 1120. The maximum Gasteiger partial charge on any atom is 0.338 e. The van der Waals surface area contributed by atoms with Gasteiger partial charge >= 0.3 is 5.97 Å². The minimum absolute atomic E-state index is 0.270. The first-order valence-electron chi connectivity index (χ1n) is 8.78. The fourth-order valence-corrected chi connectivity index (χ4v) is 3.23. The van der Waals surface area contributed by atoms with Gasteiger partial charge in [0, 0.05) is 4.90 Å². The van der Waals surface area contributed by atoms with Gasteiger partial charge in [-0.05, 0) is 44.2 Å². The van der Waals surface area contributed by atoms with Crippen LogP contribution in [0.5, 0.6) is 0 Å². The first-order chi connectivity index (χ1) is 14.0. The van der Waals surface area contributed by atoms with Gasteiger partial charge in [0.25, 0.3) is 5.91 Å². The van der Waals surface area contributed by atoms with E-state index in [4.69, 9.17) is 10.00 Å². The Hall–Kier alpha value is -3.44. The number of nitriles is 1. The molecule has 29 heavy (non-hydrogen) atoms. The number of aryl methyl sites for hydroxylation is 2. The number of nitrogens with zero attached hydrogens (tertiary/aromatic N) is 3. The van der Waals surface area contributed by atoms with Gasteiger partial charge in [-0.2, -0.15) is 5.26 Å². The molecule has 8 heteroatoms. The predicted octanol–water partition coefficient (Wildman–Crippen LogP) is 3.66. The number of rotatable bonds is 6. The number of hydrogen-bond donors (Lipinski definition) is 1. The number of aromatic nitrogens is 2. The van der Waals surface area contributed by atoms with Crippen LogP contribution in [0.1, 0.15) is 21.7 Å². The van der Waals surface area contributed by atoms with E-state index < -0.39 is 18.5 Å². The van der Waals surface area contributed by atoms with Crippen molar-refractivity contribution in [3.8, 4) is 6.07 Å². The van der Waals surface area contributed by atoms with Crippen molar-refractivity contribution in [1.29, 1.82) is 5.26 Å². The zero-order valence-corrected chi connectivity index (χ0v) is 16.7. The van der Waals surface area contributed by atoms with Gasteiger partial charge in [0.2, 0.25) is 0 Å². The fraction of sp³-hybridized carbons (Fsp3) is 0.190. The minimum atomic E-state index is -0.616. The minimum Gasteiger partial charge on any atom is -0.452 e. The van der Waals surface area contributed by atoms with Crippen molar-refractivity contribution < 1.29 is 14.3 Å². The molecule has 0 fully saturated rings. The van der Waals surface area contributed by atoms with Gasteiger partial charge < -0.3 is 10.1 Å². The van der Waals surface area contributed by atoms with Gasteiger partial charge in [-0.25, -0.2) is 14.8 Å². The number of benzene rings is 2. The Balaban J connectivity index is 1.63. The number of ether oxygens (including phenoxy) is 1. The molecule has 0 spiro atoms. The quantitative estimate of drug-likeness (QED) is 0.492. The number of esters is 1. The molecule has 0 saturated carbocycles. The number of para-hydroxylation sites is 1. The first-order valence-corrected chi connectivity index (χ1v) is 9.77. The lowest BCUT2D eigenvalue weighted by Gasteiger charge is -2.10. The Morgan fingerprint density at radius 2 is 1.83 bits per heavy atom. The van der Waals surface area contributed by atoms with Gasteiger partial charge in [-0.15, -0.1) is 11.8 Å². The highest BCUT2D eigenvalue weighted by atomic mass is 32.2. The number of fused-ring (bicyclic) bond motifs is 1. The fourth-order valence-electron chi connectivity index (χ4n) is 2.56. The lowest BCUT2D eigenvalue weighted by atomic mass is 10.2. The molecule has 1 N–H and O–H groups in total. The number of anilines is 1. The third-order valence-corrected chi connectivity index (χ3v) is 5.04. The van der Waals surface area contributed by atoms with E-state index >= 15 is 0 Å². The number of carbonyl (C=O) groups is 2. The van der Waals surface area contributed by atoms with Crippen LogP contribution < -0.4 is 5.32 Å². The van der Waals surface area contributed by atoms with Crippen molar-refractivity contribution in [3.05, 3.63) is 59.4 Å². The van der Waals surface area contributed by atoms with Crippen LogP contribution in [-0.2, 0) is 9.53 Å². The number of nitrogens with one attached hydrogen (secondary N) is 1. The van der Waals surface area contributed by atoms with Crippen molar-refractivity contribution in [3.63, 3.8) is 0 Å². The first kappa shape index (κ1) is 20.3. The third kappa shape index (κ3) is 5.09. The Kier molecular flexibility index (Phi) is 6.42. The van der Waals surface area contributed by atoms with Crippen molar-refractivity contribution in [1.82, 2.24) is 9.97 Å². The zero-order chi connectivity index (χ0) is 20.8. The summed E-state index contributed by atoms with van der Waals surface area (Å²) in [4.78, 5) is 34.1. The summed E-state index contributed by atoms with van der Waals surface area (Å²) < 4.78 is 5.13. The van der Waals surface area contributed by atoms with Crippen molar-refractivity contribution in [2.24, 2.45) is 0 Å². The molecule has 0 bridgehead atoms. The molecule has 146 valence electrons. The average Bonchev–Trinajstić information content (AvgIpc) is 2.72. The summed E-state index contributed by atoms with van der Waals surface area (Å²) in [5, 5.41) is 11.4. The van der Waals surface area contributed by atoms with Crippen LogP contribution >= 0.6 is 11.8 Å². The van der Waals surface area contributed by atoms with Crippen LogP contribution in [0.3, 0.4) is 0 Å². The molecule has 0 aliphatic heterocycles. The second-order valence-corrected chi connectivity index (χ2v) is 7.18. The maximum absolute atomic E-state index is 12.3. The van der Waals surface area contributed by atoms with Crippen LogP contribution in [0.15, 0.2) is 47.4 Å². The highest BCUT2D eigenvalue weighted by molar-refractivity contribution is 7.99. The number of thioether (sulfide) groups is 1. The molecule has 0 radical (unpaired) electrons. The molecule has 1 aromatic heterocycles. The summed E-state index contributed by atoms with van der Waals surface area (Å²) in [6, 6.07) is 14.1. The second kappa shape index (κ2) is 9.17. The second-order valence-electron chi connectivity index (χ2n) is 6.17. The lowest BCUT2D eigenvalue weighted by Crippen LogP contribution is -2.21. The smallest absolute Gasteiger partial charge is 0.338 e. The van der Waals surface area contributed by atoms with E-state index in [0.717, 1.165) is 16.3 Å². The summed E-state index contributed by atoms with van der Waals surface area (Å²) in [5.41, 5.74) is 3.77. The summed E-state index contributed by atoms with van der Waals surface area (Å²) in [6.07, 6.45) is 0. The van der Waals surface area contributed by atoms with Gasteiger partial charge in [-0.1, -0.05) is 12.1 Å². The van der Waals surface area contributed by atoms with E-state index in [1.165, 1.54) is 11.8 Å². The van der Waals surface area contributed by atoms with Gasteiger partial charge in [0.05, 0.1) is 45.5 Å². The number of hydrogen-bond acceptors (Lipinski definition) is 7. The number of amides is 1. The highest BCUT2D eigenvalue weighted by Crippen LogP contribution is 2.26. The summed E-state index contributed by atoms with van der Waals surface area (Å²) in [5.74, 6) is -0.809. The van der Waals surface area contributed by atoms with Crippen molar-refractivity contribution >= 4 is 40.4 Å². The molecule has 3 rings (SSSR count). The summed E-state index contributed by atoms with van der Waals surface area (Å²) in [6.45, 7) is 3.30. The van der Waals surface area contributed by atoms with Gasteiger partial charge in [0.15, 0.2) is 6.61 Å². The molecule has 3 aromatic rings. The standard InChI is InChI=1S/C21H18N4O3S/c1-13-14(2)24-18-11-15(7-8-16(18)23-13)21(27)28-12-20(26)25-17-5-3-4-6-19(17)29-10-9-22/h3-8,11H,10,12H2,1-2H3,(H,25,26). The molecular formula is C21H18N4O3S. The Labute approximate surface area is 172 Å². The molecule has 0 saturated heterocycles. The third-order valence-electron chi connectivity index (χ3n) is 4.10. The molecular weight excluding hydrogens is 388 g/mol. The van der Waals surface area contributed by atoms with Gasteiger partial charge in [-0.3, -0.25) is 4.79 Å². The van der Waals surface area contributed by atoms with E-state index in [0.29, 0.717) is 22.3 Å². The monoisotopic (exact) mass is 406 g/mol. The molecule has 0 aliphatic rings. The molecule has 1 amide bonds. The van der Waals surface area contributed by atoms with E-state index in [1.807, 2.05) is 32.0 Å². The van der Waals surface area contributed by atoms with Gasteiger partial charge in [0.1, 0.15) is 0 Å². The lowest BCUT2D eigenvalue weighted by molar-refractivity contribution is -0.119. The molecule has 2 aromatic carbocycles. The van der Waals surface area contributed by atoms with Crippen molar-refractivity contribution in [2.45, 2.75) is 18.7 Å². The van der Waals surface area contributed by atoms with Crippen LogP contribution in [0.4, 0.5) is 5.69 Å². The highest BCUT2D eigenvalue weighted by Gasteiger charge is 2.13. The predicted molar refractivity (Wildman–Crippen MR) is 111 cm³/mol. The van der Waals surface area contributed by atoms with E-state index in [1.54, 1.807) is 30.3 Å². The summed E-state index contributed by atoms with van der Waals surface area (Å²) in [7, 11) is 0.